The minimum atomic E-state index is -1.01. The van der Waals surface area contributed by atoms with Crippen LogP contribution >= 0.6 is 0 Å². The molecule has 1 atom stereocenters. The summed E-state index contributed by atoms with van der Waals surface area (Å²) in [7, 11) is -1.01. The van der Waals surface area contributed by atoms with Crippen molar-refractivity contribution in [1.29, 1.82) is 0 Å². The third-order valence-corrected chi connectivity index (χ3v) is 4.24. The molecule has 0 bridgehead atoms. The first kappa shape index (κ1) is 14.8. The monoisotopic (exact) mass is 289 g/mol. The van der Waals surface area contributed by atoms with E-state index >= 15 is 0 Å². The molecule has 2 aromatic carbocycles. The summed E-state index contributed by atoms with van der Waals surface area (Å²) in [5.74, 6) is 1.30. The number of ether oxygens (including phenoxy) is 1. The zero-order chi connectivity index (χ0) is 14.2. The van der Waals surface area contributed by atoms with Crippen molar-refractivity contribution in [2.24, 2.45) is 5.73 Å². The Hall–Kier alpha value is -1.65. The Labute approximate surface area is 122 Å². The molecule has 1 unspecified atom stereocenters. The van der Waals surface area contributed by atoms with Crippen LogP contribution in [0.1, 0.15) is 5.56 Å². The average molecular weight is 289 g/mol. The highest BCUT2D eigenvalue weighted by Crippen LogP contribution is 2.13. The molecule has 0 aromatic heterocycles. The van der Waals surface area contributed by atoms with E-state index in [0.29, 0.717) is 18.9 Å². The van der Waals surface area contributed by atoms with E-state index in [1.54, 1.807) is 0 Å². The summed E-state index contributed by atoms with van der Waals surface area (Å²) >= 11 is 0. The molecular formula is C16H19NO2S. The molecule has 3 nitrogen and oxygen atoms in total. The molecule has 0 heterocycles. The first-order chi connectivity index (χ1) is 9.79. The molecule has 0 aliphatic rings. The Morgan fingerprint density at radius 2 is 1.70 bits per heavy atom. The number of nitrogens with two attached hydrogens (primary N) is 1. The summed E-state index contributed by atoms with van der Waals surface area (Å²) in [6, 6.07) is 17.3. The minimum absolute atomic E-state index is 0.442. The molecule has 0 radical (unpaired) electrons. The molecule has 0 spiro atoms. The van der Waals surface area contributed by atoms with Gasteiger partial charge in [0.2, 0.25) is 0 Å². The zero-order valence-corrected chi connectivity index (χ0v) is 12.1. The third kappa shape index (κ3) is 4.47. The fraction of sp³-hybridized carbons (Fsp3) is 0.250. The molecule has 106 valence electrons. The van der Waals surface area contributed by atoms with E-state index < -0.39 is 10.8 Å². The lowest BCUT2D eigenvalue weighted by atomic mass is 10.1. The van der Waals surface area contributed by atoms with Crippen LogP contribution in [0.2, 0.25) is 0 Å². The predicted octanol–water partition coefficient (Wildman–Crippen LogP) is 2.37. The van der Waals surface area contributed by atoms with Gasteiger partial charge in [0.25, 0.3) is 0 Å². The summed E-state index contributed by atoms with van der Waals surface area (Å²) in [6.45, 7) is 1.09. The van der Waals surface area contributed by atoms with Crippen LogP contribution in [0.15, 0.2) is 59.5 Å². The van der Waals surface area contributed by atoms with Gasteiger partial charge in [-0.25, -0.2) is 0 Å². The molecule has 4 heteroatoms. The van der Waals surface area contributed by atoms with Crippen molar-refractivity contribution < 1.29 is 8.95 Å². The van der Waals surface area contributed by atoms with Crippen LogP contribution in [0.4, 0.5) is 0 Å². The van der Waals surface area contributed by atoms with Crippen LogP contribution in [0.3, 0.4) is 0 Å². The summed E-state index contributed by atoms with van der Waals surface area (Å²) in [6.07, 6.45) is 0.873. The molecule has 0 saturated heterocycles. The lowest BCUT2D eigenvalue weighted by Crippen LogP contribution is -2.08. The standard InChI is InChI=1S/C16H19NO2S/c17-11-10-14-6-8-15(9-7-14)19-12-13-20(18)16-4-2-1-3-5-16/h1-9H,10-13,17H2. The highest BCUT2D eigenvalue weighted by Gasteiger charge is 2.03. The SMILES string of the molecule is NCCc1ccc(OCCS(=O)c2ccccc2)cc1. The van der Waals surface area contributed by atoms with Gasteiger partial charge < -0.3 is 10.5 Å². The molecular weight excluding hydrogens is 270 g/mol. The Balaban J connectivity index is 1.79. The van der Waals surface area contributed by atoms with Crippen molar-refractivity contribution in [3.63, 3.8) is 0 Å². The number of benzene rings is 2. The van der Waals surface area contributed by atoms with E-state index in [0.717, 1.165) is 17.1 Å². The van der Waals surface area contributed by atoms with Crippen molar-refractivity contribution in [3.05, 3.63) is 60.2 Å². The van der Waals surface area contributed by atoms with E-state index in [4.69, 9.17) is 10.5 Å². The Bertz CT molecular complexity index is 540. The molecule has 20 heavy (non-hydrogen) atoms. The van der Waals surface area contributed by atoms with Gasteiger partial charge in [-0.15, -0.1) is 0 Å². The third-order valence-electron chi connectivity index (χ3n) is 2.90. The summed E-state index contributed by atoms with van der Waals surface area (Å²) in [5, 5.41) is 0. The van der Waals surface area contributed by atoms with E-state index in [-0.39, 0.29) is 0 Å². The van der Waals surface area contributed by atoms with Gasteiger partial charge in [-0.3, -0.25) is 4.21 Å². The maximum absolute atomic E-state index is 12.0. The molecule has 0 saturated carbocycles. The second-order valence-corrected chi connectivity index (χ2v) is 5.96. The van der Waals surface area contributed by atoms with Crippen LogP contribution in [-0.2, 0) is 17.2 Å². The Morgan fingerprint density at radius 1 is 1.00 bits per heavy atom. The minimum Gasteiger partial charge on any atom is -0.493 e. The fourth-order valence-electron chi connectivity index (χ4n) is 1.84. The Morgan fingerprint density at radius 3 is 2.35 bits per heavy atom. The van der Waals surface area contributed by atoms with Gasteiger partial charge >= 0.3 is 0 Å². The quantitative estimate of drug-likeness (QED) is 0.851. The molecule has 2 N–H and O–H groups in total. The molecule has 2 aromatic rings. The van der Waals surface area contributed by atoms with Crippen molar-refractivity contribution in [3.8, 4) is 5.75 Å². The van der Waals surface area contributed by atoms with Gasteiger partial charge in [0, 0.05) is 4.90 Å². The molecule has 0 aliphatic carbocycles. The smallest absolute Gasteiger partial charge is 0.119 e. The molecule has 2 rings (SSSR count). The van der Waals surface area contributed by atoms with Crippen LogP contribution in [0.25, 0.3) is 0 Å². The second kappa shape index (κ2) is 7.82. The molecule has 0 amide bonds. The number of hydrogen-bond acceptors (Lipinski definition) is 3. The van der Waals surface area contributed by atoms with Gasteiger partial charge in [-0.2, -0.15) is 0 Å². The van der Waals surface area contributed by atoms with Crippen LogP contribution < -0.4 is 10.5 Å². The van der Waals surface area contributed by atoms with Crippen molar-refractivity contribution in [2.75, 3.05) is 18.9 Å². The normalized spacial score (nSPS) is 12.1. The first-order valence-electron chi connectivity index (χ1n) is 6.65. The number of rotatable bonds is 7. The topological polar surface area (TPSA) is 52.3 Å². The second-order valence-electron chi connectivity index (χ2n) is 4.39. The first-order valence-corrected chi connectivity index (χ1v) is 7.97. The summed E-state index contributed by atoms with van der Waals surface area (Å²) < 4.78 is 17.6. The van der Waals surface area contributed by atoms with E-state index in [1.165, 1.54) is 5.56 Å². The fourth-order valence-corrected chi connectivity index (χ4v) is 2.78. The van der Waals surface area contributed by atoms with Gasteiger partial charge in [-0.1, -0.05) is 30.3 Å². The average Bonchev–Trinajstić information content (AvgIpc) is 2.50. The lowest BCUT2D eigenvalue weighted by Gasteiger charge is -2.07. The van der Waals surface area contributed by atoms with Crippen LogP contribution in [0.5, 0.6) is 5.75 Å². The van der Waals surface area contributed by atoms with E-state index in [1.807, 2.05) is 54.6 Å². The van der Waals surface area contributed by atoms with Crippen molar-refractivity contribution in [1.82, 2.24) is 0 Å². The van der Waals surface area contributed by atoms with Gasteiger partial charge in [0.05, 0.1) is 16.6 Å². The number of hydrogen-bond donors (Lipinski definition) is 1. The maximum Gasteiger partial charge on any atom is 0.119 e. The summed E-state index contributed by atoms with van der Waals surface area (Å²) in [5.41, 5.74) is 6.70. The maximum atomic E-state index is 12.0. The molecule has 0 fully saturated rings. The highest BCUT2D eigenvalue weighted by atomic mass is 32.2. The Kier molecular flexibility index (Phi) is 5.77. The lowest BCUT2D eigenvalue weighted by molar-refractivity contribution is 0.342. The predicted molar refractivity (Wildman–Crippen MR) is 82.4 cm³/mol. The zero-order valence-electron chi connectivity index (χ0n) is 11.3. The summed E-state index contributed by atoms with van der Waals surface area (Å²) in [4.78, 5) is 0.842. The van der Waals surface area contributed by atoms with Crippen molar-refractivity contribution >= 4 is 10.8 Å². The van der Waals surface area contributed by atoms with E-state index in [2.05, 4.69) is 0 Å². The van der Waals surface area contributed by atoms with Crippen molar-refractivity contribution in [2.45, 2.75) is 11.3 Å². The highest BCUT2D eigenvalue weighted by molar-refractivity contribution is 7.85. The van der Waals surface area contributed by atoms with E-state index in [9.17, 15) is 4.21 Å². The molecule has 0 aliphatic heterocycles. The van der Waals surface area contributed by atoms with Crippen LogP contribution in [0, 0.1) is 0 Å². The van der Waals surface area contributed by atoms with Crippen LogP contribution in [-0.4, -0.2) is 23.1 Å². The van der Waals surface area contributed by atoms with Gasteiger partial charge in [0.1, 0.15) is 12.4 Å². The van der Waals surface area contributed by atoms with Gasteiger partial charge in [0.15, 0.2) is 0 Å². The largest absolute Gasteiger partial charge is 0.493 e. The van der Waals surface area contributed by atoms with Gasteiger partial charge in [-0.05, 0) is 42.8 Å².